The maximum absolute atomic E-state index is 2.18. The Morgan fingerprint density at radius 2 is 0.500 bits per heavy atom. The van der Waals surface area contributed by atoms with Gasteiger partial charge in [-0.3, -0.25) is 0 Å². The molecular weight excluding hydrogens is 437 g/mol. The van der Waals surface area contributed by atoms with Gasteiger partial charge in [0.25, 0.3) is 0 Å². The van der Waals surface area contributed by atoms with Gasteiger partial charge in [0.15, 0.2) is 0 Å². The van der Waals surface area contributed by atoms with E-state index in [2.05, 4.69) is 72.8 Å². The molecule has 0 aliphatic carbocycles. The molecule has 0 heterocycles. The van der Waals surface area contributed by atoms with Crippen molar-refractivity contribution in [1.29, 1.82) is 0 Å². The summed E-state index contributed by atoms with van der Waals surface area (Å²) in [5.74, 6) is 0. The molecule has 0 amide bonds. The molecule has 0 atom stereocenters. The molecule has 0 aliphatic heterocycles. The molecule has 30 heavy (non-hydrogen) atoms. The zero-order valence-electron chi connectivity index (χ0n) is 19.7. The van der Waals surface area contributed by atoms with Crippen molar-refractivity contribution in [1.82, 2.24) is 0 Å². The molecule has 0 saturated carbocycles. The molecule has 1 radical (unpaired) electrons. The molecule has 3 aromatic carbocycles. The quantitative estimate of drug-likeness (QED) is 0.316. The van der Waals surface area contributed by atoms with Crippen molar-refractivity contribution in [3.05, 3.63) is 92.4 Å². The fourth-order valence-electron chi connectivity index (χ4n) is 2.12. The van der Waals surface area contributed by atoms with Crippen LogP contribution in [0, 0.1) is 7.43 Å². The molecule has 0 bridgehead atoms. The van der Waals surface area contributed by atoms with Crippen LogP contribution in [0.5, 0.6) is 0 Å². The van der Waals surface area contributed by atoms with Crippen molar-refractivity contribution in [3.63, 3.8) is 0 Å². The standard InChI is InChI=1S/C18H14.4C2H6.2CH4.CH3.Y/c1-3-7-15(8-4-1)17-11-13-18(14-12-17)16-9-5-2-6-10-16;4*1-2;;;;/h1-14H;4*1-2H3;2*1H4;1H3;/q;;;;;;;-1;. The summed E-state index contributed by atoms with van der Waals surface area (Å²) in [6.07, 6.45) is 0. The van der Waals surface area contributed by atoms with Crippen LogP contribution in [0.4, 0.5) is 0 Å². The van der Waals surface area contributed by atoms with Gasteiger partial charge in [-0.2, -0.15) is 0 Å². The van der Waals surface area contributed by atoms with Gasteiger partial charge in [-0.05, 0) is 22.3 Å². The maximum atomic E-state index is 2.18. The third kappa shape index (κ3) is 16.5. The van der Waals surface area contributed by atoms with Crippen molar-refractivity contribution >= 4 is 0 Å². The number of hydrogen-bond acceptors (Lipinski definition) is 0. The molecule has 0 unspecified atom stereocenters. The Bertz CT molecular complexity index is 555. The van der Waals surface area contributed by atoms with Gasteiger partial charge in [-0.25, -0.2) is 0 Å². The topological polar surface area (TPSA) is 0 Å². The van der Waals surface area contributed by atoms with Crippen LogP contribution in [0.25, 0.3) is 22.3 Å². The van der Waals surface area contributed by atoms with Crippen LogP contribution in [0.2, 0.25) is 0 Å². The normalized spacial score (nSPS) is 6.93. The SMILES string of the molecule is C.C.CC.CC.CC.CC.[CH3-].[Y].c1ccc(-c2ccc(-c3ccccc3)cc2)cc1. The second-order valence-corrected chi connectivity index (χ2v) is 4.31. The Balaban J connectivity index is -0.000000109. The van der Waals surface area contributed by atoms with E-state index in [4.69, 9.17) is 0 Å². The molecule has 3 rings (SSSR count). The Morgan fingerprint density at radius 1 is 0.333 bits per heavy atom. The van der Waals surface area contributed by atoms with E-state index >= 15 is 0 Å². The summed E-state index contributed by atoms with van der Waals surface area (Å²) in [6, 6.07) is 29.6. The number of benzene rings is 3. The van der Waals surface area contributed by atoms with E-state index in [1.807, 2.05) is 67.5 Å². The van der Waals surface area contributed by atoms with Gasteiger partial charge in [0.1, 0.15) is 0 Å². The summed E-state index contributed by atoms with van der Waals surface area (Å²) < 4.78 is 0. The Kier molecular flexibility index (Phi) is 46.3. The van der Waals surface area contributed by atoms with Gasteiger partial charge in [-0.15, -0.1) is 0 Å². The van der Waals surface area contributed by atoms with Crippen molar-refractivity contribution in [3.8, 4) is 22.3 Å². The van der Waals surface area contributed by atoms with Crippen molar-refractivity contribution in [2.75, 3.05) is 0 Å². The van der Waals surface area contributed by atoms with Gasteiger partial charge >= 0.3 is 0 Å². The number of hydrogen-bond donors (Lipinski definition) is 0. The van der Waals surface area contributed by atoms with Crippen LogP contribution in [0.15, 0.2) is 84.9 Å². The van der Waals surface area contributed by atoms with Crippen LogP contribution >= 0.6 is 0 Å². The first-order valence-corrected chi connectivity index (χ1v) is 10.1. The Labute approximate surface area is 216 Å². The molecule has 0 spiro atoms. The van der Waals surface area contributed by atoms with Gasteiger partial charge < -0.3 is 7.43 Å². The van der Waals surface area contributed by atoms with E-state index in [1.165, 1.54) is 22.3 Å². The fourth-order valence-corrected chi connectivity index (χ4v) is 2.12. The molecule has 0 fully saturated rings. The molecular formula is C29H49Y-. The fraction of sp³-hybridized carbons (Fsp3) is 0.345. The molecule has 0 saturated heterocycles. The average Bonchev–Trinajstić information content (AvgIpc) is 2.80. The van der Waals surface area contributed by atoms with Crippen LogP contribution in [-0.4, -0.2) is 0 Å². The molecule has 0 aliphatic rings. The third-order valence-corrected chi connectivity index (χ3v) is 3.10. The Morgan fingerprint density at radius 3 is 0.700 bits per heavy atom. The van der Waals surface area contributed by atoms with Gasteiger partial charge in [0, 0.05) is 32.7 Å². The Hall–Kier alpha value is -1.24. The minimum absolute atomic E-state index is 0. The largest absolute Gasteiger partial charge is 0.358 e. The maximum Gasteiger partial charge on any atom is 0 e. The summed E-state index contributed by atoms with van der Waals surface area (Å²) in [7, 11) is 0. The molecule has 0 nitrogen and oxygen atoms in total. The van der Waals surface area contributed by atoms with Crippen molar-refractivity contribution < 1.29 is 32.7 Å². The summed E-state index contributed by atoms with van der Waals surface area (Å²) in [4.78, 5) is 0. The van der Waals surface area contributed by atoms with E-state index < -0.39 is 0 Å². The average molecular weight is 487 g/mol. The summed E-state index contributed by atoms with van der Waals surface area (Å²) in [5, 5.41) is 0. The third-order valence-electron chi connectivity index (χ3n) is 3.10. The minimum atomic E-state index is 0. The minimum Gasteiger partial charge on any atom is -0.358 e. The zero-order chi connectivity index (χ0) is 20.2. The monoisotopic (exact) mass is 486 g/mol. The van der Waals surface area contributed by atoms with Crippen LogP contribution < -0.4 is 0 Å². The van der Waals surface area contributed by atoms with Gasteiger partial charge in [0.05, 0.1) is 0 Å². The van der Waals surface area contributed by atoms with Crippen molar-refractivity contribution in [2.24, 2.45) is 0 Å². The second kappa shape index (κ2) is 32.4. The smallest absolute Gasteiger partial charge is 0 e. The van der Waals surface area contributed by atoms with E-state index in [1.54, 1.807) is 0 Å². The van der Waals surface area contributed by atoms with E-state index in [-0.39, 0.29) is 55.0 Å². The predicted octanol–water partition coefficient (Wildman–Crippen LogP) is 10.8. The first-order chi connectivity index (χ1) is 12.9. The molecule has 3 aromatic rings. The summed E-state index contributed by atoms with van der Waals surface area (Å²) in [5.41, 5.74) is 5.04. The van der Waals surface area contributed by atoms with Gasteiger partial charge in [0.2, 0.25) is 0 Å². The van der Waals surface area contributed by atoms with Crippen LogP contribution in [-0.2, 0) is 32.7 Å². The van der Waals surface area contributed by atoms with E-state index in [0.29, 0.717) is 0 Å². The molecule has 0 N–H and O–H groups in total. The number of rotatable bonds is 2. The van der Waals surface area contributed by atoms with Crippen molar-refractivity contribution in [2.45, 2.75) is 70.2 Å². The first kappa shape index (κ1) is 42.8. The predicted molar refractivity (Wildman–Crippen MR) is 143 cm³/mol. The first-order valence-electron chi connectivity index (χ1n) is 10.1. The molecule has 1 heteroatoms. The van der Waals surface area contributed by atoms with E-state index in [9.17, 15) is 0 Å². The van der Waals surface area contributed by atoms with E-state index in [0.717, 1.165) is 0 Å². The second-order valence-electron chi connectivity index (χ2n) is 4.31. The zero-order valence-corrected chi connectivity index (χ0v) is 22.5. The molecule has 169 valence electrons. The van der Waals surface area contributed by atoms with Crippen LogP contribution in [0.3, 0.4) is 0 Å². The summed E-state index contributed by atoms with van der Waals surface area (Å²) in [6.45, 7) is 16.0. The summed E-state index contributed by atoms with van der Waals surface area (Å²) >= 11 is 0. The molecule has 0 aromatic heterocycles. The van der Waals surface area contributed by atoms with Crippen LogP contribution in [0.1, 0.15) is 70.2 Å². The van der Waals surface area contributed by atoms with Gasteiger partial charge in [-0.1, -0.05) is 155 Å².